The number of benzene rings is 1. The summed E-state index contributed by atoms with van der Waals surface area (Å²) in [4.78, 5) is 30.0. The number of nitrogens with zero attached hydrogens (tertiary/aromatic N) is 3. The SMILES string of the molecule is CC1(c2ncccc2C(=O)c2cccc3c2CC=CN=N3)SC=CC1C(N)=O. The molecule has 4 rings (SSSR count). The third-order valence-corrected chi connectivity index (χ3v) is 6.29. The van der Waals surface area contributed by atoms with Gasteiger partial charge in [0.05, 0.1) is 22.0 Å². The van der Waals surface area contributed by atoms with Crippen LogP contribution in [0.15, 0.2) is 70.5 Å². The number of azo groups is 1. The number of amides is 1. The lowest BCUT2D eigenvalue weighted by Crippen LogP contribution is -2.37. The summed E-state index contributed by atoms with van der Waals surface area (Å²) in [7, 11) is 0. The summed E-state index contributed by atoms with van der Waals surface area (Å²) in [5.41, 5.74) is 8.70. The molecule has 2 unspecified atom stereocenters. The van der Waals surface area contributed by atoms with Crippen LogP contribution in [0.1, 0.15) is 34.1 Å². The summed E-state index contributed by atoms with van der Waals surface area (Å²) in [5.74, 6) is -1.13. The summed E-state index contributed by atoms with van der Waals surface area (Å²) >= 11 is 1.45. The van der Waals surface area contributed by atoms with Crippen LogP contribution in [0.5, 0.6) is 0 Å². The number of hydrogen-bond acceptors (Lipinski definition) is 6. The van der Waals surface area contributed by atoms with Gasteiger partial charge in [-0.2, -0.15) is 10.2 Å². The predicted molar refractivity (Wildman–Crippen MR) is 108 cm³/mol. The number of primary amides is 1. The van der Waals surface area contributed by atoms with Gasteiger partial charge in [-0.15, -0.1) is 11.8 Å². The van der Waals surface area contributed by atoms with E-state index in [1.54, 1.807) is 42.7 Å². The molecule has 2 aromatic rings. The lowest BCUT2D eigenvalue weighted by molar-refractivity contribution is -0.121. The highest BCUT2D eigenvalue weighted by Gasteiger charge is 2.44. The number of rotatable bonds is 4. The van der Waals surface area contributed by atoms with E-state index in [2.05, 4.69) is 15.2 Å². The van der Waals surface area contributed by atoms with Crippen molar-refractivity contribution in [1.82, 2.24) is 4.98 Å². The zero-order valence-electron chi connectivity index (χ0n) is 15.2. The van der Waals surface area contributed by atoms with Crippen LogP contribution in [0.4, 0.5) is 5.69 Å². The Hall–Kier alpha value is -3.06. The molecule has 0 saturated carbocycles. The van der Waals surface area contributed by atoms with Gasteiger partial charge in [-0.1, -0.05) is 24.3 Å². The summed E-state index contributed by atoms with van der Waals surface area (Å²) < 4.78 is -0.733. The Morgan fingerprint density at radius 3 is 2.86 bits per heavy atom. The normalized spacial score (nSPS) is 22.7. The second-order valence-electron chi connectivity index (χ2n) is 6.77. The van der Waals surface area contributed by atoms with E-state index in [0.29, 0.717) is 28.9 Å². The number of pyridine rings is 1. The molecule has 6 nitrogen and oxygen atoms in total. The van der Waals surface area contributed by atoms with E-state index >= 15 is 0 Å². The van der Waals surface area contributed by atoms with Crippen LogP contribution in [0.2, 0.25) is 0 Å². The van der Waals surface area contributed by atoms with Crippen LogP contribution < -0.4 is 5.73 Å². The van der Waals surface area contributed by atoms with Crippen molar-refractivity contribution in [1.29, 1.82) is 0 Å². The summed E-state index contributed by atoms with van der Waals surface area (Å²) in [6, 6.07) is 8.91. The van der Waals surface area contributed by atoms with Gasteiger partial charge in [0.1, 0.15) is 0 Å². The van der Waals surface area contributed by atoms with Gasteiger partial charge in [-0.3, -0.25) is 14.6 Å². The molecule has 0 bridgehead atoms. The molecule has 0 spiro atoms. The van der Waals surface area contributed by atoms with Crippen LogP contribution >= 0.6 is 11.8 Å². The molecule has 2 aliphatic heterocycles. The maximum atomic E-state index is 13.5. The quantitative estimate of drug-likeness (QED) is 0.797. The number of fused-ring (bicyclic) bond motifs is 1. The monoisotopic (exact) mass is 390 g/mol. The zero-order valence-corrected chi connectivity index (χ0v) is 16.0. The second-order valence-corrected chi connectivity index (χ2v) is 8.13. The third kappa shape index (κ3) is 2.97. The van der Waals surface area contributed by atoms with Crippen LogP contribution in [-0.4, -0.2) is 16.7 Å². The smallest absolute Gasteiger partial charge is 0.226 e. The molecule has 7 heteroatoms. The molecule has 1 amide bonds. The molecule has 2 aliphatic rings. The average molecular weight is 390 g/mol. The zero-order chi connectivity index (χ0) is 19.7. The number of ketones is 1. The van der Waals surface area contributed by atoms with E-state index in [1.807, 2.05) is 24.5 Å². The number of hydrogen-bond donors (Lipinski definition) is 1. The first-order valence-electron chi connectivity index (χ1n) is 8.84. The highest BCUT2D eigenvalue weighted by atomic mass is 32.2. The number of carbonyl (C=O) groups is 2. The Balaban J connectivity index is 1.83. The maximum Gasteiger partial charge on any atom is 0.226 e. The Kier molecular flexibility index (Phi) is 4.68. The van der Waals surface area contributed by atoms with E-state index in [0.717, 1.165) is 5.56 Å². The molecule has 0 fully saturated rings. The molecule has 28 heavy (non-hydrogen) atoms. The number of allylic oxidation sites excluding steroid dienone is 1. The van der Waals surface area contributed by atoms with Crippen LogP contribution in [0.25, 0.3) is 0 Å². The Labute approximate surface area is 166 Å². The number of thioether (sulfide) groups is 1. The highest BCUT2D eigenvalue weighted by Crippen LogP contribution is 2.49. The minimum Gasteiger partial charge on any atom is -0.369 e. The standard InChI is InChI=1S/C21H18N4O2S/c1-21(16(20(22)27)9-12-28-21)19-15(7-3-10-23-19)18(26)14-5-2-8-17-13(14)6-4-11-24-25-17/h2-5,7-12,16H,6H2,1H3,(H2,22,27). The molecule has 1 aromatic heterocycles. The largest absolute Gasteiger partial charge is 0.369 e. The minimum absolute atomic E-state index is 0.151. The van der Waals surface area contributed by atoms with Crippen LogP contribution in [0, 0.1) is 5.92 Å². The molecule has 0 aliphatic carbocycles. The second kappa shape index (κ2) is 7.16. The molecule has 3 heterocycles. The van der Waals surface area contributed by atoms with Crippen molar-refractivity contribution in [2.24, 2.45) is 21.9 Å². The molecule has 2 atom stereocenters. The van der Waals surface area contributed by atoms with Gasteiger partial charge >= 0.3 is 0 Å². The lowest BCUT2D eigenvalue weighted by atomic mass is 9.84. The molecule has 1 aromatic carbocycles. The van der Waals surface area contributed by atoms with E-state index in [1.165, 1.54) is 11.8 Å². The summed E-state index contributed by atoms with van der Waals surface area (Å²) in [5, 5.41) is 9.98. The first kappa shape index (κ1) is 18.3. The fourth-order valence-electron chi connectivity index (χ4n) is 3.62. The Morgan fingerprint density at radius 2 is 2.04 bits per heavy atom. The molecular weight excluding hydrogens is 372 g/mol. The van der Waals surface area contributed by atoms with Crippen molar-refractivity contribution in [3.05, 3.63) is 82.7 Å². The van der Waals surface area contributed by atoms with Gasteiger partial charge < -0.3 is 5.73 Å². The number of nitrogens with two attached hydrogens (primary N) is 1. The molecule has 0 radical (unpaired) electrons. The van der Waals surface area contributed by atoms with Crippen molar-refractivity contribution >= 4 is 29.1 Å². The van der Waals surface area contributed by atoms with E-state index in [-0.39, 0.29) is 5.78 Å². The van der Waals surface area contributed by atoms with Gasteiger partial charge in [-0.25, -0.2) is 0 Å². The van der Waals surface area contributed by atoms with Gasteiger partial charge in [0.15, 0.2) is 5.78 Å². The van der Waals surface area contributed by atoms with Gasteiger partial charge in [0.2, 0.25) is 5.91 Å². The molecule has 0 saturated heterocycles. The topological polar surface area (TPSA) is 97.8 Å². The number of aromatic nitrogens is 1. The van der Waals surface area contributed by atoms with Crippen molar-refractivity contribution in [3.8, 4) is 0 Å². The summed E-state index contributed by atoms with van der Waals surface area (Å²) in [6.07, 6.45) is 7.48. The van der Waals surface area contributed by atoms with Crippen molar-refractivity contribution in [2.45, 2.75) is 18.1 Å². The molecular formula is C21H18N4O2S. The number of carbonyl (C=O) groups excluding carboxylic acids is 2. The first-order valence-corrected chi connectivity index (χ1v) is 9.72. The summed E-state index contributed by atoms with van der Waals surface area (Å²) in [6.45, 7) is 1.90. The maximum absolute atomic E-state index is 13.5. The van der Waals surface area contributed by atoms with Gasteiger partial charge in [0, 0.05) is 23.5 Å². The predicted octanol–water partition coefficient (Wildman–Crippen LogP) is 4.04. The van der Waals surface area contributed by atoms with Crippen LogP contribution in [-0.2, 0) is 16.0 Å². The van der Waals surface area contributed by atoms with Crippen molar-refractivity contribution in [3.63, 3.8) is 0 Å². The fourth-order valence-corrected chi connectivity index (χ4v) is 4.76. The van der Waals surface area contributed by atoms with Gasteiger partial charge in [0.25, 0.3) is 0 Å². The lowest BCUT2D eigenvalue weighted by Gasteiger charge is -2.29. The van der Waals surface area contributed by atoms with Crippen molar-refractivity contribution in [2.75, 3.05) is 0 Å². The van der Waals surface area contributed by atoms with E-state index in [4.69, 9.17) is 5.73 Å². The molecule has 2 N–H and O–H groups in total. The van der Waals surface area contributed by atoms with Crippen molar-refractivity contribution < 1.29 is 9.59 Å². The van der Waals surface area contributed by atoms with Crippen LogP contribution in [0.3, 0.4) is 0 Å². The Morgan fingerprint density at radius 1 is 1.21 bits per heavy atom. The fraction of sp³-hybridized carbons (Fsp3) is 0.190. The average Bonchev–Trinajstić information content (AvgIpc) is 2.95. The Bertz CT molecular complexity index is 1060. The van der Waals surface area contributed by atoms with E-state index in [9.17, 15) is 9.59 Å². The minimum atomic E-state index is -0.733. The highest BCUT2D eigenvalue weighted by molar-refractivity contribution is 8.03. The molecule has 140 valence electrons. The van der Waals surface area contributed by atoms with E-state index < -0.39 is 16.6 Å². The van der Waals surface area contributed by atoms with Gasteiger partial charge in [-0.05, 0) is 42.5 Å². The third-order valence-electron chi connectivity index (χ3n) is 5.06. The first-order chi connectivity index (χ1) is 13.5.